The fourth-order valence-corrected chi connectivity index (χ4v) is 2.46. The number of hydrogen-bond acceptors (Lipinski definition) is 2. The van der Waals surface area contributed by atoms with Gasteiger partial charge in [-0.1, -0.05) is 19.1 Å². The molecule has 1 atom stereocenters. The zero-order valence-corrected chi connectivity index (χ0v) is 11.9. The van der Waals surface area contributed by atoms with Crippen LogP contribution in [0.1, 0.15) is 32.8 Å². The number of hydrogen-bond donors (Lipinski definition) is 1. The summed E-state index contributed by atoms with van der Waals surface area (Å²) in [6.45, 7) is 5.57. The van der Waals surface area contributed by atoms with Crippen LogP contribution in [0.25, 0.3) is 0 Å². The van der Waals surface area contributed by atoms with Gasteiger partial charge in [0.25, 0.3) is 0 Å². The third-order valence-electron chi connectivity index (χ3n) is 3.56. The van der Waals surface area contributed by atoms with Gasteiger partial charge in [0.15, 0.2) is 0 Å². The molecule has 20 heavy (non-hydrogen) atoms. The van der Waals surface area contributed by atoms with Crippen molar-refractivity contribution in [3.63, 3.8) is 0 Å². The van der Waals surface area contributed by atoms with Gasteiger partial charge in [-0.25, -0.2) is 4.39 Å². The number of carbonyl (C=O) groups excluding carboxylic acids is 2. The summed E-state index contributed by atoms with van der Waals surface area (Å²) in [6.07, 6.45) is 0.550. The standard InChI is InChI=1S/C15H19FN2O2/c1-4-12-13(19)17-15(2,3)14(20)18(12)9-10-5-7-11(16)8-6-10/h5-8,12H,4,9H2,1-3H3,(H,17,19). The van der Waals surface area contributed by atoms with Crippen molar-refractivity contribution in [3.8, 4) is 0 Å². The summed E-state index contributed by atoms with van der Waals surface area (Å²) in [4.78, 5) is 26.1. The Labute approximate surface area is 118 Å². The van der Waals surface area contributed by atoms with Gasteiger partial charge in [-0.2, -0.15) is 0 Å². The number of nitrogens with one attached hydrogen (secondary N) is 1. The van der Waals surface area contributed by atoms with Gasteiger partial charge in [-0.05, 0) is 38.0 Å². The molecule has 1 aliphatic rings. The van der Waals surface area contributed by atoms with Crippen LogP contribution < -0.4 is 5.32 Å². The Bertz CT molecular complexity index is 525. The van der Waals surface area contributed by atoms with E-state index in [0.29, 0.717) is 13.0 Å². The van der Waals surface area contributed by atoms with E-state index >= 15 is 0 Å². The van der Waals surface area contributed by atoms with E-state index in [1.54, 1.807) is 30.9 Å². The van der Waals surface area contributed by atoms with Gasteiger partial charge in [0.05, 0.1) is 0 Å². The Morgan fingerprint density at radius 1 is 1.25 bits per heavy atom. The second-order valence-corrected chi connectivity index (χ2v) is 5.60. The fourth-order valence-electron chi connectivity index (χ4n) is 2.46. The van der Waals surface area contributed by atoms with Crippen molar-refractivity contribution in [2.24, 2.45) is 0 Å². The van der Waals surface area contributed by atoms with E-state index < -0.39 is 11.6 Å². The van der Waals surface area contributed by atoms with Crippen molar-refractivity contribution in [1.29, 1.82) is 0 Å². The van der Waals surface area contributed by atoms with Crippen LogP contribution >= 0.6 is 0 Å². The maximum Gasteiger partial charge on any atom is 0.248 e. The van der Waals surface area contributed by atoms with E-state index in [1.165, 1.54) is 12.1 Å². The number of piperazine rings is 1. The highest BCUT2D eigenvalue weighted by atomic mass is 19.1. The molecule has 0 saturated carbocycles. The Hall–Kier alpha value is -1.91. The molecule has 1 N–H and O–H groups in total. The van der Waals surface area contributed by atoms with Gasteiger partial charge >= 0.3 is 0 Å². The van der Waals surface area contributed by atoms with Crippen molar-refractivity contribution in [3.05, 3.63) is 35.6 Å². The Morgan fingerprint density at radius 2 is 1.85 bits per heavy atom. The monoisotopic (exact) mass is 278 g/mol. The summed E-state index contributed by atoms with van der Waals surface area (Å²) < 4.78 is 12.9. The second kappa shape index (κ2) is 5.23. The number of carbonyl (C=O) groups is 2. The summed E-state index contributed by atoms with van der Waals surface area (Å²) in [6, 6.07) is 5.51. The smallest absolute Gasteiger partial charge is 0.248 e. The molecule has 108 valence electrons. The van der Waals surface area contributed by atoms with E-state index in [0.717, 1.165) is 5.56 Å². The van der Waals surface area contributed by atoms with Crippen molar-refractivity contribution in [2.45, 2.75) is 45.3 Å². The molecule has 2 rings (SSSR count). The third kappa shape index (κ3) is 2.66. The Morgan fingerprint density at radius 3 is 2.40 bits per heavy atom. The molecule has 1 fully saturated rings. The highest BCUT2D eigenvalue weighted by molar-refractivity contribution is 5.99. The maximum atomic E-state index is 12.9. The number of rotatable bonds is 3. The quantitative estimate of drug-likeness (QED) is 0.917. The molecule has 0 aliphatic carbocycles. The number of halogens is 1. The summed E-state index contributed by atoms with van der Waals surface area (Å²) in [5.74, 6) is -0.573. The average Bonchev–Trinajstić information content (AvgIpc) is 2.38. The molecule has 1 saturated heterocycles. The van der Waals surface area contributed by atoms with Crippen molar-refractivity contribution < 1.29 is 14.0 Å². The lowest BCUT2D eigenvalue weighted by atomic mass is 9.95. The molecule has 1 aromatic rings. The highest BCUT2D eigenvalue weighted by Crippen LogP contribution is 2.22. The minimum atomic E-state index is -0.900. The lowest BCUT2D eigenvalue weighted by Gasteiger charge is -2.42. The molecule has 1 unspecified atom stereocenters. The molecule has 1 aromatic carbocycles. The summed E-state index contributed by atoms with van der Waals surface area (Å²) >= 11 is 0. The minimum absolute atomic E-state index is 0.117. The van der Waals surface area contributed by atoms with Crippen LogP contribution in [0, 0.1) is 5.82 Å². The number of nitrogens with zero attached hydrogens (tertiary/aromatic N) is 1. The molecule has 0 spiro atoms. The maximum absolute atomic E-state index is 12.9. The van der Waals surface area contributed by atoms with Gasteiger partial charge in [-0.3, -0.25) is 9.59 Å². The molecule has 4 nitrogen and oxygen atoms in total. The summed E-state index contributed by atoms with van der Waals surface area (Å²) in [5.41, 5.74) is -0.0910. The largest absolute Gasteiger partial charge is 0.340 e. The van der Waals surface area contributed by atoms with E-state index in [-0.39, 0.29) is 17.6 Å². The SMILES string of the molecule is CCC1C(=O)NC(C)(C)C(=O)N1Cc1ccc(F)cc1. The Balaban J connectivity index is 2.27. The highest BCUT2D eigenvalue weighted by Gasteiger charge is 2.44. The number of benzene rings is 1. The second-order valence-electron chi connectivity index (χ2n) is 5.60. The van der Waals surface area contributed by atoms with Gasteiger partial charge < -0.3 is 10.2 Å². The molecule has 0 radical (unpaired) electrons. The van der Waals surface area contributed by atoms with Gasteiger partial charge in [0, 0.05) is 6.54 Å². The van der Waals surface area contributed by atoms with E-state index in [2.05, 4.69) is 5.32 Å². The molecule has 1 aliphatic heterocycles. The first-order valence-electron chi connectivity index (χ1n) is 6.72. The molecule has 1 heterocycles. The molecule has 5 heteroatoms. The first kappa shape index (κ1) is 14.5. The van der Waals surface area contributed by atoms with Crippen molar-refractivity contribution in [2.75, 3.05) is 0 Å². The van der Waals surface area contributed by atoms with Crippen molar-refractivity contribution in [1.82, 2.24) is 10.2 Å². The number of amides is 2. The van der Waals surface area contributed by atoms with Crippen LogP contribution in [-0.4, -0.2) is 28.3 Å². The zero-order valence-electron chi connectivity index (χ0n) is 11.9. The van der Waals surface area contributed by atoms with Crippen LogP contribution in [0.15, 0.2) is 24.3 Å². The summed E-state index contributed by atoms with van der Waals surface area (Å²) in [7, 11) is 0. The summed E-state index contributed by atoms with van der Waals surface area (Å²) in [5, 5.41) is 2.74. The fraction of sp³-hybridized carbons (Fsp3) is 0.467. The van der Waals surface area contributed by atoms with Gasteiger partial charge in [0.1, 0.15) is 17.4 Å². The van der Waals surface area contributed by atoms with Gasteiger partial charge in [0.2, 0.25) is 11.8 Å². The molecule has 0 bridgehead atoms. The van der Waals surface area contributed by atoms with E-state index in [1.807, 2.05) is 6.92 Å². The zero-order chi connectivity index (χ0) is 14.9. The minimum Gasteiger partial charge on any atom is -0.340 e. The first-order chi connectivity index (χ1) is 9.35. The van der Waals surface area contributed by atoms with Gasteiger partial charge in [-0.15, -0.1) is 0 Å². The predicted octanol–water partition coefficient (Wildman–Crippen LogP) is 1.84. The van der Waals surface area contributed by atoms with Crippen LogP contribution in [0.3, 0.4) is 0 Å². The van der Waals surface area contributed by atoms with E-state index in [4.69, 9.17) is 0 Å². The van der Waals surface area contributed by atoms with E-state index in [9.17, 15) is 14.0 Å². The average molecular weight is 278 g/mol. The van der Waals surface area contributed by atoms with Crippen LogP contribution in [0.4, 0.5) is 4.39 Å². The van der Waals surface area contributed by atoms with Crippen molar-refractivity contribution >= 4 is 11.8 Å². The lowest BCUT2D eigenvalue weighted by Crippen LogP contribution is -2.67. The Kier molecular flexibility index (Phi) is 3.79. The lowest BCUT2D eigenvalue weighted by molar-refractivity contribution is -0.154. The molecular formula is C15H19FN2O2. The third-order valence-corrected chi connectivity index (χ3v) is 3.56. The topological polar surface area (TPSA) is 49.4 Å². The van der Waals surface area contributed by atoms with Crippen LogP contribution in [0.2, 0.25) is 0 Å². The first-order valence-corrected chi connectivity index (χ1v) is 6.72. The van der Waals surface area contributed by atoms with Crippen LogP contribution in [0.5, 0.6) is 0 Å². The predicted molar refractivity (Wildman–Crippen MR) is 73.3 cm³/mol. The molecule has 2 amide bonds. The van der Waals surface area contributed by atoms with Crippen LogP contribution in [-0.2, 0) is 16.1 Å². The molecule has 0 aromatic heterocycles. The molecular weight excluding hydrogens is 259 g/mol. The normalized spacial score (nSPS) is 21.8.